The first-order valence-corrected chi connectivity index (χ1v) is 16.2. The van der Waals surface area contributed by atoms with Gasteiger partial charge in [0.05, 0.1) is 6.54 Å². The quantitative estimate of drug-likeness (QED) is 0.0691. The highest BCUT2D eigenvalue weighted by atomic mass is 32.2. The number of aromatic amines is 1. The summed E-state index contributed by atoms with van der Waals surface area (Å²) in [6.07, 6.45) is 0.895. The number of nitrogens with one attached hydrogen (secondary N) is 5. The maximum Gasteiger partial charge on any atom is 0.350 e. The van der Waals surface area contributed by atoms with Gasteiger partial charge < -0.3 is 31.1 Å². The van der Waals surface area contributed by atoms with Gasteiger partial charge in [0, 0.05) is 30.7 Å². The number of pyridine rings is 1. The molecule has 0 unspecified atom stereocenters. The van der Waals surface area contributed by atoms with E-state index in [9.17, 15) is 57.0 Å². The fraction of sp³-hybridized carbons (Fsp3) is 0.333. The Labute approximate surface area is 283 Å². The Hall–Kier alpha value is -6.31. The summed E-state index contributed by atoms with van der Waals surface area (Å²) < 4.78 is 27.9. The number of oxime groups is 1. The third-order valence-electron chi connectivity index (χ3n) is 6.63. The molecule has 4 heterocycles. The van der Waals surface area contributed by atoms with Gasteiger partial charge in [-0.25, -0.2) is 43.5 Å². The van der Waals surface area contributed by atoms with Crippen LogP contribution in [0.3, 0.4) is 0 Å². The van der Waals surface area contributed by atoms with Crippen molar-refractivity contribution in [2.75, 3.05) is 25.4 Å². The number of thiazole rings is 1. The van der Waals surface area contributed by atoms with Crippen LogP contribution in [0.2, 0.25) is 0 Å². The molecule has 1 atom stereocenters. The molecule has 0 aromatic carbocycles. The van der Waals surface area contributed by atoms with Crippen LogP contribution in [-0.2, 0) is 29.4 Å². The first kappa shape index (κ1) is 36.5. The Kier molecular flexibility index (Phi) is 10.3. The second-order valence-corrected chi connectivity index (χ2v) is 13.0. The average molecular weight is 742 g/mol. The Balaban J connectivity index is 1.32. The van der Waals surface area contributed by atoms with Crippen molar-refractivity contribution < 1.29 is 57.0 Å². The summed E-state index contributed by atoms with van der Waals surface area (Å²) in [5.74, 6) is -5.25. The fourth-order valence-corrected chi connectivity index (χ4v) is 5.18. The highest BCUT2D eigenvalue weighted by molar-refractivity contribution is 7.88. The van der Waals surface area contributed by atoms with E-state index in [1.54, 1.807) is 0 Å². The molecule has 2 aliphatic rings. The van der Waals surface area contributed by atoms with Gasteiger partial charge in [0.1, 0.15) is 17.4 Å². The molecule has 50 heavy (non-hydrogen) atoms. The molecule has 0 spiro atoms. The van der Waals surface area contributed by atoms with Crippen molar-refractivity contribution in [3.63, 3.8) is 0 Å². The van der Waals surface area contributed by atoms with E-state index in [1.807, 2.05) is 0 Å². The van der Waals surface area contributed by atoms with Gasteiger partial charge in [0.15, 0.2) is 16.6 Å². The van der Waals surface area contributed by atoms with Crippen LogP contribution in [0.15, 0.2) is 27.6 Å². The summed E-state index contributed by atoms with van der Waals surface area (Å²) in [4.78, 5) is 111. The molecule has 9 N–H and O–H groups in total. The first-order valence-electron chi connectivity index (χ1n) is 13.8. The van der Waals surface area contributed by atoms with Crippen LogP contribution < -0.4 is 31.3 Å². The molecule has 2 aliphatic heterocycles. The molecule has 9 amide bonds. The molecule has 2 fully saturated rings. The normalized spacial score (nSPS) is 16.6. The minimum Gasteiger partial charge on any atom is -0.503 e. The number of likely N-dealkylation sites (tertiary alicyclic amines) is 1. The third kappa shape index (κ3) is 8.21. The number of urea groups is 3. The van der Waals surface area contributed by atoms with Gasteiger partial charge in [-0.15, -0.1) is 11.3 Å². The second-order valence-electron chi connectivity index (χ2n) is 10.7. The number of hydrogen-bond acceptors (Lipinski definition) is 16. The van der Waals surface area contributed by atoms with Gasteiger partial charge in [-0.2, -0.15) is 8.42 Å². The highest BCUT2D eigenvalue weighted by Crippen LogP contribution is 2.17. The maximum atomic E-state index is 12.9. The summed E-state index contributed by atoms with van der Waals surface area (Å²) in [5, 5.41) is 26.3. The third-order valence-corrected chi connectivity index (χ3v) is 8.19. The standard InChI is InChI=1S/C24H27N11O13S2/c1-24(2,19(41)42)48-30-15(12-9-49-20(25)28-12)17(39)27-11-8-34(18(11)40)22(44)32-50(46,47)31-21(43)33-4-3-5-35(23(33)45)29-16(38)10-6-13(36)14(37)7-26-10/h6-7,9,11,37H,3-5,8H2,1-2H3,(H2,25,28)(H,26,36)(H,27,39)(H,29,38)(H,31,43)(H,32,44)(H,41,42)/t11-/m0/s1. The predicted molar refractivity (Wildman–Crippen MR) is 165 cm³/mol. The number of nitrogen functional groups attached to an aromatic ring is 1. The number of aromatic nitrogens is 2. The SMILES string of the molecule is CC(C)(ON=C(C(=O)N[C@H]1CN(C(=O)NS(=O)(=O)NC(=O)N2CCCN(NC(=O)c3cc(=O)c(O)c[nH]3)C2=O)C1=O)c1csc(N)n1)C(=O)O. The number of carbonyl (C=O) groups excluding carboxylic acids is 6. The lowest BCUT2D eigenvalue weighted by atomic mass is 10.1. The number of amides is 9. The zero-order valence-corrected chi connectivity index (χ0v) is 27.3. The molecule has 268 valence electrons. The number of β-lactam (4-membered cyclic amide) rings is 1. The van der Waals surface area contributed by atoms with E-state index in [0.29, 0.717) is 14.8 Å². The van der Waals surface area contributed by atoms with Gasteiger partial charge in [0.2, 0.25) is 11.0 Å². The molecule has 24 nitrogen and oxygen atoms in total. The summed E-state index contributed by atoms with van der Waals surface area (Å²) in [6.45, 7) is 1.32. The van der Waals surface area contributed by atoms with Crippen molar-refractivity contribution in [1.82, 2.24) is 45.0 Å². The summed E-state index contributed by atoms with van der Waals surface area (Å²) in [6, 6.07) is -4.87. The van der Waals surface area contributed by atoms with Crippen molar-refractivity contribution in [2.45, 2.75) is 31.9 Å². The van der Waals surface area contributed by atoms with Gasteiger partial charge in [-0.1, -0.05) is 5.16 Å². The van der Waals surface area contributed by atoms with Crippen LogP contribution in [0.25, 0.3) is 0 Å². The van der Waals surface area contributed by atoms with E-state index in [4.69, 9.17) is 10.6 Å². The number of imide groups is 2. The predicted octanol–water partition coefficient (Wildman–Crippen LogP) is -2.83. The lowest BCUT2D eigenvalue weighted by molar-refractivity contribution is -0.161. The van der Waals surface area contributed by atoms with E-state index in [-0.39, 0.29) is 36.0 Å². The number of nitrogens with two attached hydrogens (primary N) is 1. The van der Waals surface area contributed by atoms with Crippen LogP contribution >= 0.6 is 11.3 Å². The van der Waals surface area contributed by atoms with E-state index in [2.05, 4.69) is 25.9 Å². The number of H-pyrrole nitrogens is 1. The van der Waals surface area contributed by atoms with Crippen LogP contribution in [0, 0.1) is 0 Å². The van der Waals surface area contributed by atoms with Crippen molar-refractivity contribution in [1.29, 1.82) is 0 Å². The largest absolute Gasteiger partial charge is 0.503 e. The molecule has 0 bridgehead atoms. The van der Waals surface area contributed by atoms with Gasteiger partial charge in [-0.3, -0.25) is 29.5 Å². The van der Waals surface area contributed by atoms with Crippen LogP contribution in [0.1, 0.15) is 36.5 Å². The minimum atomic E-state index is -5.05. The maximum absolute atomic E-state index is 12.9. The Morgan fingerprint density at radius 3 is 2.36 bits per heavy atom. The number of aromatic hydroxyl groups is 1. The van der Waals surface area contributed by atoms with E-state index >= 15 is 0 Å². The Bertz CT molecular complexity index is 1970. The lowest BCUT2D eigenvalue weighted by Gasteiger charge is -2.36. The summed E-state index contributed by atoms with van der Waals surface area (Å²) >= 11 is 0.915. The number of nitrogens with zero attached hydrogens (tertiary/aromatic N) is 5. The average Bonchev–Trinajstić information content (AvgIpc) is 3.45. The molecule has 2 saturated heterocycles. The second kappa shape index (κ2) is 14.0. The Morgan fingerprint density at radius 2 is 1.78 bits per heavy atom. The molecule has 26 heteroatoms. The van der Waals surface area contributed by atoms with Crippen LogP contribution in [0.4, 0.5) is 19.5 Å². The minimum absolute atomic E-state index is 0.0202. The molecule has 2 aromatic heterocycles. The number of carboxylic acid groups (broad SMARTS) is 1. The molecule has 2 aromatic rings. The van der Waals surface area contributed by atoms with Crippen molar-refractivity contribution >= 4 is 74.2 Å². The van der Waals surface area contributed by atoms with Crippen molar-refractivity contribution in [3.8, 4) is 5.75 Å². The van der Waals surface area contributed by atoms with E-state index < -0.39 is 87.1 Å². The van der Waals surface area contributed by atoms with Crippen LogP contribution in [-0.4, -0.2) is 122 Å². The molecule has 0 radical (unpaired) electrons. The van der Waals surface area contributed by atoms with Crippen molar-refractivity contribution in [2.24, 2.45) is 5.16 Å². The number of anilines is 1. The summed E-state index contributed by atoms with van der Waals surface area (Å²) in [7, 11) is -5.05. The zero-order valence-electron chi connectivity index (χ0n) is 25.7. The topological polar surface area (TPSA) is 345 Å². The number of carboxylic acids is 1. The number of hydrazine groups is 1. The first-order chi connectivity index (χ1) is 23.3. The molecular weight excluding hydrogens is 714 g/mol. The smallest absolute Gasteiger partial charge is 0.350 e. The van der Waals surface area contributed by atoms with E-state index in [1.165, 1.54) is 14.8 Å². The van der Waals surface area contributed by atoms with Crippen LogP contribution in [0.5, 0.6) is 5.75 Å². The summed E-state index contributed by atoms with van der Waals surface area (Å²) in [5.41, 5.74) is 3.93. The highest BCUT2D eigenvalue weighted by Gasteiger charge is 2.44. The zero-order chi connectivity index (χ0) is 37.1. The molecule has 0 saturated carbocycles. The number of hydrogen-bond donors (Lipinski definition) is 8. The number of aliphatic carboxylic acids is 1. The lowest BCUT2D eigenvalue weighted by Crippen LogP contribution is -2.68. The Morgan fingerprint density at radius 1 is 1.12 bits per heavy atom. The number of carbonyl (C=O) groups is 7. The number of rotatable bonds is 10. The van der Waals surface area contributed by atoms with Gasteiger partial charge >= 0.3 is 34.3 Å². The van der Waals surface area contributed by atoms with Gasteiger partial charge in [0.25, 0.3) is 17.7 Å². The van der Waals surface area contributed by atoms with Crippen molar-refractivity contribution in [3.05, 3.63) is 39.3 Å². The fourth-order valence-electron chi connectivity index (χ4n) is 3.90. The molecule has 4 rings (SSSR count). The monoisotopic (exact) mass is 741 g/mol. The molecule has 0 aliphatic carbocycles. The molecular formula is C24H27N11O13S2. The van der Waals surface area contributed by atoms with E-state index in [0.717, 1.165) is 37.4 Å². The van der Waals surface area contributed by atoms with Gasteiger partial charge in [-0.05, 0) is 20.3 Å².